The van der Waals surface area contributed by atoms with E-state index in [4.69, 9.17) is 0 Å². The zero-order valence-corrected chi connectivity index (χ0v) is 13.1. The Bertz CT molecular complexity index is 539. The van der Waals surface area contributed by atoms with Crippen molar-refractivity contribution >= 4 is 10.0 Å². The predicted molar refractivity (Wildman–Crippen MR) is 82.1 cm³/mol. The number of nitrogens with one attached hydrogen (secondary N) is 2. The Morgan fingerprint density at radius 3 is 2.52 bits per heavy atom. The minimum Gasteiger partial charge on any atom is -0.317 e. The molecule has 0 amide bonds. The van der Waals surface area contributed by atoms with Gasteiger partial charge in [-0.15, -0.1) is 0 Å². The lowest BCUT2D eigenvalue weighted by atomic mass is 10.0. The molecule has 1 aliphatic heterocycles. The summed E-state index contributed by atoms with van der Waals surface area (Å²) in [4.78, 5) is 0. The molecule has 1 aliphatic rings. The first-order valence-electron chi connectivity index (χ1n) is 7.40. The molecule has 1 atom stereocenters. The van der Waals surface area contributed by atoms with E-state index in [0.717, 1.165) is 31.5 Å². The van der Waals surface area contributed by atoms with Gasteiger partial charge < -0.3 is 5.32 Å². The van der Waals surface area contributed by atoms with E-state index in [-0.39, 0.29) is 23.5 Å². The standard InChI is InChI=1S/C15H23FN2O2S/c1-12(10-13-2-4-15(16)5-3-13)18-21(19,20)11-14-6-8-17-9-7-14/h2-5,12,14,17-18H,6-11H2,1H3. The Hall–Kier alpha value is -0.980. The molecule has 0 aromatic heterocycles. The molecule has 2 N–H and O–H groups in total. The van der Waals surface area contributed by atoms with Crippen molar-refractivity contribution in [2.75, 3.05) is 18.8 Å². The van der Waals surface area contributed by atoms with Gasteiger partial charge in [-0.2, -0.15) is 0 Å². The smallest absolute Gasteiger partial charge is 0.212 e. The van der Waals surface area contributed by atoms with Crippen LogP contribution in [-0.2, 0) is 16.4 Å². The van der Waals surface area contributed by atoms with Crippen molar-refractivity contribution in [3.05, 3.63) is 35.6 Å². The molecule has 0 bridgehead atoms. The minimum atomic E-state index is -3.26. The molecule has 4 nitrogen and oxygen atoms in total. The third-order valence-electron chi connectivity index (χ3n) is 3.75. The highest BCUT2D eigenvalue weighted by Crippen LogP contribution is 2.14. The summed E-state index contributed by atoms with van der Waals surface area (Å²) in [5.74, 6) is 0.155. The second-order valence-corrected chi connectivity index (χ2v) is 7.62. The Labute approximate surface area is 126 Å². The summed E-state index contributed by atoms with van der Waals surface area (Å²) < 4.78 is 39.9. The van der Waals surface area contributed by atoms with Crippen LogP contribution in [0.1, 0.15) is 25.3 Å². The van der Waals surface area contributed by atoms with Crippen LogP contribution in [0.4, 0.5) is 4.39 Å². The molecular formula is C15H23FN2O2S. The van der Waals surface area contributed by atoms with Crippen LogP contribution in [0, 0.1) is 11.7 Å². The molecule has 0 radical (unpaired) electrons. The molecule has 118 valence electrons. The van der Waals surface area contributed by atoms with Crippen molar-refractivity contribution in [1.82, 2.24) is 10.0 Å². The Morgan fingerprint density at radius 1 is 1.29 bits per heavy atom. The van der Waals surface area contributed by atoms with Crippen LogP contribution >= 0.6 is 0 Å². The summed E-state index contributed by atoms with van der Waals surface area (Å²) in [6, 6.07) is 5.97. The maximum Gasteiger partial charge on any atom is 0.212 e. The van der Waals surface area contributed by atoms with Gasteiger partial charge >= 0.3 is 0 Å². The largest absolute Gasteiger partial charge is 0.317 e. The zero-order valence-electron chi connectivity index (χ0n) is 12.3. The SMILES string of the molecule is CC(Cc1ccc(F)cc1)NS(=O)(=O)CC1CCNCC1. The molecule has 1 aromatic rings. The molecule has 2 rings (SSSR count). The van der Waals surface area contributed by atoms with Crippen molar-refractivity contribution in [3.8, 4) is 0 Å². The van der Waals surface area contributed by atoms with E-state index in [9.17, 15) is 12.8 Å². The Kier molecular flexibility index (Phi) is 5.72. The van der Waals surface area contributed by atoms with E-state index in [1.807, 2.05) is 6.92 Å². The summed E-state index contributed by atoms with van der Waals surface area (Å²) in [7, 11) is -3.26. The quantitative estimate of drug-likeness (QED) is 0.840. The molecule has 0 spiro atoms. The van der Waals surface area contributed by atoms with Gasteiger partial charge in [0.1, 0.15) is 5.82 Å². The highest BCUT2D eigenvalue weighted by atomic mass is 32.2. The maximum atomic E-state index is 12.8. The number of hydrogen-bond acceptors (Lipinski definition) is 3. The predicted octanol–water partition coefficient (Wildman–Crippen LogP) is 1.68. The number of sulfonamides is 1. The van der Waals surface area contributed by atoms with Gasteiger partial charge in [-0.1, -0.05) is 12.1 Å². The third kappa shape index (κ3) is 5.73. The van der Waals surface area contributed by atoms with Gasteiger partial charge in [-0.25, -0.2) is 17.5 Å². The summed E-state index contributed by atoms with van der Waals surface area (Å²) in [6.07, 6.45) is 2.38. The van der Waals surface area contributed by atoms with Crippen LogP contribution in [0.15, 0.2) is 24.3 Å². The molecule has 0 saturated carbocycles. The summed E-state index contributed by atoms with van der Waals surface area (Å²) >= 11 is 0. The van der Waals surface area contributed by atoms with Gasteiger partial charge in [0.2, 0.25) is 10.0 Å². The van der Waals surface area contributed by atoms with Crippen LogP contribution in [-0.4, -0.2) is 33.3 Å². The average molecular weight is 314 g/mol. The highest BCUT2D eigenvalue weighted by molar-refractivity contribution is 7.89. The molecule has 1 aromatic carbocycles. The first-order chi connectivity index (χ1) is 9.94. The topological polar surface area (TPSA) is 58.2 Å². The van der Waals surface area contributed by atoms with Crippen LogP contribution in [0.5, 0.6) is 0 Å². The number of hydrogen-bond donors (Lipinski definition) is 2. The zero-order chi connectivity index (χ0) is 15.3. The van der Waals surface area contributed by atoms with E-state index < -0.39 is 10.0 Å². The second kappa shape index (κ2) is 7.33. The highest BCUT2D eigenvalue weighted by Gasteiger charge is 2.22. The molecule has 1 fully saturated rings. The number of piperidine rings is 1. The Balaban J connectivity index is 1.85. The molecule has 1 heterocycles. The van der Waals surface area contributed by atoms with Crippen molar-refractivity contribution in [1.29, 1.82) is 0 Å². The Morgan fingerprint density at radius 2 is 1.90 bits per heavy atom. The number of halogens is 1. The van der Waals surface area contributed by atoms with Crippen molar-refractivity contribution in [2.45, 2.75) is 32.2 Å². The second-order valence-electron chi connectivity index (χ2n) is 5.82. The fourth-order valence-electron chi connectivity index (χ4n) is 2.73. The lowest BCUT2D eigenvalue weighted by molar-refractivity contribution is 0.399. The number of benzene rings is 1. The summed E-state index contributed by atoms with van der Waals surface area (Å²) in [5, 5.41) is 3.23. The maximum absolute atomic E-state index is 12.8. The molecule has 6 heteroatoms. The number of rotatable bonds is 6. The van der Waals surface area contributed by atoms with E-state index in [0.29, 0.717) is 6.42 Å². The normalized spacial score (nSPS) is 18.6. The molecule has 21 heavy (non-hydrogen) atoms. The van der Waals surface area contributed by atoms with Crippen LogP contribution < -0.4 is 10.0 Å². The fraction of sp³-hybridized carbons (Fsp3) is 0.600. The monoisotopic (exact) mass is 314 g/mol. The van der Waals surface area contributed by atoms with E-state index in [1.54, 1.807) is 12.1 Å². The van der Waals surface area contributed by atoms with Crippen LogP contribution in [0.3, 0.4) is 0 Å². The summed E-state index contributed by atoms with van der Waals surface area (Å²) in [6.45, 7) is 3.62. The van der Waals surface area contributed by atoms with Gasteiger partial charge in [0.15, 0.2) is 0 Å². The van der Waals surface area contributed by atoms with Crippen LogP contribution in [0.2, 0.25) is 0 Å². The van der Waals surface area contributed by atoms with E-state index in [2.05, 4.69) is 10.0 Å². The first kappa shape index (κ1) is 16.4. The molecule has 1 saturated heterocycles. The van der Waals surface area contributed by atoms with Gasteiger partial charge in [-0.3, -0.25) is 0 Å². The van der Waals surface area contributed by atoms with E-state index >= 15 is 0 Å². The summed E-state index contributed by atoms with van der Waals surface area (Å²) in [5.41, 5.74) is 0.925. The lowest BCUT2D eigenvalue weighted by Crippen LogP contribution is -2.39. The first-order valence-corrected chi connectivity index (χ1v) is 9.05. The van der Waals surface area contributed by atoms with Gasteiger partial charge in [0, 0.05) is 6.04 Å². The molecular weight excluding hydrogens is 291 g/mol. The molecule has 0 aliphatic carbocycles. The van der Waals surface area contributed by atoms with Crippen molar-refractivity contribution < 1.29 is 12.8 Å². The minimum absolute atomic E-state index is 0.192. The third-order valence-corrected chi connectivity index (χ3v) is 5.42. The van der Waals surface area contributed by atoms with Gasteiger partial charge in [-0.05, 0) is 62.9 Å². The fourth-order valence-corrected chi connectivity index (χ4v) is 4.48. The van der Waals surface area contributed by atoms with Crippen LogP contribution in [0.25, 0.3) is 0 Å². The van der Waals surface area contributed by atoms with E-state index in [1.165, 1.54) is 12.1 Å². The van der Waals surface area contributed by atoms with Crippen molar-refractivity contribution in [3.63, 3.8) is 0 Å². The average Bonchev–Trinajstić information content (AvgIpc) is 2.41. The molecule has 1 unspecified atom stereocenters. The van der Waals surface area contributed by atoms with Gasteiger partial charge in [0.05, 0.1) is 5.75 Å². The van der Waals surface area contributed by atoms with Crippen molar-refractivity contribution in [2.24, 2.45) is 5.92 Å². The van der Waals surface area contributed by atoms with Gasteiger partial charge in [0.25, 0.3) is 0 Å². The lowest BCUT2D eigenvalue weighted by Gasteiger charge is -2.23.